The van der Waals surface area contributed by atoms with Gasteiger partial charge in [-0.15, -0.1) is 0 Å². The molecule has 104 valence electrons. The lowest BCUT2D eigenvalue weighted by molar-refractivity contribution is 0.0698. The van der Waals surface area contributed by atoms with Crippen LogP contribution in [0.5, 0.6) is 0 Å². The van der Waals surface area contributed by atoms with Gasteiger partial charge in [-0.05, 0) is 24.1 Å². The minimum absolute atomic E-state index is 0.0756. The van der Waals surface area contributed by atoms with E-state index in [-0.39, 0.29) is 11.3 Å². The van der Waals surface area contributed by atoms with Gasteiger partial charge >= 0.3 is 5.97 Å². The highest BCUT2D eigenvalue weighted by molar-refractivity contribution is 5.96. The Hall–Kier alpha value is -2.56. The summed E-state index contributed by atoms with van der Waals surface area (Å²) in [5, 5.41) is 9.08. The summed E-state index contributed by atoms with van der Waals surface area (Å²) in [6.07, 6.45) is 1.46. The Morgan fingerprint density at radius 1 is 1.35 bits per heavy atom. The van der Waals surface area contributed by atoms with E-state index in [1.54, 1.807) is 0 Å². The molecule has 0 atom stereocenters. The van der Waals surface area contributed by atoms with Crippen LogP contribution in [0, 0.1) is 6.92 Å². The maximum atomic E-state index is 11.1. The summed E-state index contributed by atoms with van der Waals surface area (Å²) in [4.78, 5) is 17.1. The van der Waals surface area contributed by atoms with Gasteiger partial charge in [0.1, 0.15) is 0 Å². The largest absolute Gasteiger partial charge is 0.478 e. The number of aryl methyl sites for hydroxylation is 1. The monoisotopic (exact) mass is 271 g/mol. The van der Waals surface area contributed by atoms with Gasteiger partial charge in [0.2, 0.25) is 0 Å². The van der Waals surface area contributed by atoms with Gasteiger partial charge in [-0.25, -0.2) is 9.78 Å². The number of nitrogens with zero attached hydrogens (tertiary/aromatic N) is 2. The number of carbonyl (C=O) groups is 1. The van der Waals surface area contributed by atoms with Gasteiger partial charge in [-0.3, -0.25) is 0 Å². The summed E-state index contributed by atoms with van der Waals surface area (Å²) < 4.78 is 0. The molecule has 0 amide bonds. The third kappa shape index (κ3) is 2.71. The Kier molecular flexibility index (Phi) is 3.89. The average molecular weight is 271 g/mol. The first-order valence-corrected chi connectivity index (χ1v) is 6.24. The van der Waals surface area contributed by atoms with Crippen molar-refractivity contribution in [3.05, 3.63) is 53.2 Å². The van der Waals surface area contributed by atoms with Crippen LogP contribution in [0.15, 0.2) is 36.5 Å². The van der Waals surface area contributed by atoms with Crippen LogP contribution in [-0.2, 0) is 6.54 Å². The number of rotatable bonds is 4. The normalized spacial score (nSPS) is 10.3. The molecule has 5 heteroatoms. The second kappa shape index (κ2) is 5.61. The van der Waals surface area contributed by atoms with Crippen molar-refractivity contribution in [2.24, 2.45) is 0 Å². The van der Waals surface area contributed by atoms with Crippen LogP contribution in [0.1, 0.15) is 21.5 Å². The zero-order valence-corrected chi connectivity index (χ0v) is 11.5. The van der Waals surface area contributed by atoms with E-state index >= 15 is 0 Å². The molecular formula is C15H17N3O2. The van der Waals surface area contributed by atoms with E-state index in [4.69, 9.17) is 10.8 Å². The minimum Gasteiger partial charge on any atom is -0.478 e. The number of pyridine rings is 1. The predicted octanol–water partition coefficient (Wildman–Crippen LogP) is 2.31. The van der Waals surface area contributed by atoms with Crippen LogP contribution in [0.25, 0.3) is 0 Å². The van der Waals surface area contributed by atoms with Crippen molar-refractivity contribution in [3.8, 4) is 0 Å². The Bertz CT molecular complexity index is 641. The fraction of sp³-hybridized carbons (Fsp3) is 0.200. The zero-order valence-electron chi connectivity index (χ0n) is 11.5. The molecule has 0 radical (unpaired) electrons. The van der Waals surface area contributed by atoms with E-state index in [0.29, 0.717) is 12.4 Å². The van der Waals surface area contributed by atoms with Crippen LogP contribution in [-0.4, -0.2) is 23.1 Å². The highest BCUT2D eigenvalue weighted by Gasteiger charge is 2.15. The fourth-order valence-corrected chi connectivity index (χ4v) is 2.07. The maximum absolute atomic E-state index is 11.1. The third-order valence-electron chi connectivity index (χ3n) is 3.23. The van der Waals surface area contributed by atoms with Crippen LogP contribution in [0.3, 0.4) is 0 Å². The molecular weight excluding hydrogens is 254 g/mol. The number of anilines is 2. The highest BCUT2D eigenvalue weighted by Crippen LogP contribution is 2.24. The SMILES string of the molecule is Cc1ccccc1CN(C)c1nccc(C(=O)O)c1N. The Balaban J connectivity index is 2.30. The van der Waals surface area contributed by atoms with E-state index in [1.807, 2.05) is 43.1 Å². The molecule has 1 heterocycles. The van der Waals surface area contributed by atoms with Gasteiger partial charge in [0, 0.05) is 19.8 Å². The summed E-state index contributed by atoms with van der Waals surface area (Å²) in [5.41, 5.74) is 8.48. The summed E-state index contributed by atoms with van der Waals surface area (Å²) in [6, 6.07) is 9.43. The molecule has 0 bridgehead atoms. The first-order valence-electron chi connectivity index (χ1n) is 6.24. The summed E-state index contributed by atoms with van der Waals surface area (Å²) >= 11 is 0. The summed E-state index contributed by atoms with van der Waals surface area (Å²) in [5.74, 6) is -0.566. The van der Waals surface area contributed by atoms with Gasteiger partial charge in [0.05, 0.1) is 11.3 Å². The van der Waals surface area contributed by atoms with Crippen molar-refractivity contribution in [1.82, 2.24) is 4.98 Å². The van der Waals surface area contributed by atoms with Gasteiger partial charge in [-0.2, -0.15) is 0 Å². The first-order chi connectivity index (χ1) is 9.50. The number of benzene rings is 1. The quantitative estimate of drug-likeness (QED) is 0.892. The Morgan fingerprint density at radius 2 is 2.05 bits per heavy atom. The van der Waals surface area contributed by atoms with E-state index in [0.717, 1.165) is 5.56 Å². The van der Waals surface area contributed by atoms with E-state index < -0.39 is 5.97 Å². The van der Waals surface area contributed by atoms with Gasteiger partial charge in [0.25, 0.3) is 0 Å². The van der Waals surface area contributed by atoms with Gasteiger partial charge in [0.15, 0.2) is 5.82 Å². The van der Waals surface area contributed by atoms with E-state index in [9.17, 15) is 4.79 Å². The van der Waals surface area contributed by atoms with E-state index in [1.165, 1.54) is 17.8 Å². The number of aromatic nitrogens is 1. The Labute approximate surface area is 117 Å². The molecule has 0 aliphatic rings. The fourth-order valence-electron chi connectivity index (χ4n) is 2.07. The molecule has 0 aliphatic carbocycles. The standard InChI is InChI=1S/C15H17N3O2/c1-10-5-3-4-6-11(10)9-18(2)14-13(16)12(15(19)20)7-8-17-14/h3-8H,9,16H2,1-2H3,(H,19,20). The summed E-state index contributed by atoms with van der Waals surface area (Å²) in [7, 11) is 1.84. The number of hydrogen-bond acceptors (Lipinski definition) is 4. The Morgan fingerprint density at radius 3 is 2.70 bits per heavy atom. The molecule has 1 aromatic carbocycles. The molecule has 0 spiro atoms. The second-order valence-electron chi connectivity index (χ2n) is 4.68. The molecule has 0 saturated carbocycles. The smallest absolute Gasteiger partial charge is 0.337 e. The lowest BCUT2D eigenvalue weighted by Gasteiger charge is -2.21. The second-order valence-corrected chi connectivity index (χ2v) is 4.68. The van der Waals surface area contributed by atoms with Gasteiger partial charge in [-0.1, -0.05) is 24.3 Å². The number of nitrogen functional groups attached to an aromatic ring is 1. The molecule has 2 rings (SSSR count). The molecule has 0 fully saturated rings. The van der Waals surface area contributed by atoms with Crippen molar-refractivity contribution >= 4 is 17.5 Å². The van der Waals surface area contributed by atoms with Crippen LogP contribution in [0.2, 0.25) is 0 Å². The van der Waals surface area contributed by atoms with Crippen LogP contribution < -0.4 is 10.6 Å². The zero-order chi connectivity index (χ0) is 14.7. The number of hydrogen-bond donors (Lipinski definition) is 2. The third-order valence-corrected chi connectivity index (χ3v) is 3.23. The molecule has 2 aromatic rings. The highest BCUT2D eigenvalue weighted by atomic mass is 16.4. The predicted molar refractivity (Wildman–Crippen MR) is 78.9 cm³/mol. The lowest BCUT2D eigenvalue weighted by Crippen LogP contribution is -2.21. The molecule has 0 aliphatic heterocycles. The lowest BCUT2D eigenvalue weighted by atomic mass is 10.1. The maximum Gasteiger partial charge on any atom is 0.337 e. The van der Waals surface area contributed by atoms with Crippen molar-refractivity contribution in [2.75, 3.05) is 17.7 Å². The molecule has 3 N–H and O–H groups in total. The van der Waals surface area contributed by atoms with Crippen LogP contribution in [0.4, 0.5) is 11.5 Å². The number of carboxylic acid groups (broad SMARTS) is 1. The van der Waals surface area contributed by atoms with Crippen molar-refractivity contribution in [3.63, 3.8) is 0 Å². The molecule has 0 unspecified atom stereocenters. The summed E-state index contributed by atoms with van der Waals surface area (Å²) in [6.45, 7) is 2.65. The number of aromatic carboxylic acids is 1. The van der Waals surface area contributed by atoms with Crippen LogP contribution >= 0.6 is 0 Å². The van der Waals surface area contributed by atoms with Gasteiger partial charge < -0.3 is 15.7 Å². The van der Waals surface area contributed by atoms with Crippen molar-refractivity contribution < 1.29 is 9.90 Å². The topological polar surface area (TPSA) is 79.5 Å². The van der Waals surface area contributed by atoms with E-state index in [2.05, 4.69) is 4.98 Å². The molecule has 20 heavy (non-hydrogen) atoms. The number of nitrogens with two attached hydrogens (primary N) is 1. The first kappa shape index (κ1) is 13.9. The molecule has 1 aromatic heterocycles. The minimum atomic E-state index is -1.05. The molecule has 0 saturated heterocycles. The number of carboxylic acids is 1. The van der Waals surface area contributed by atoms with Crippen molar-refractivity contribution in [1.29, 1.82) is 0 Å². The van der Waals surface area contributed by atoms with Crippen molar-refractivity contribution in [2.45, 2.75) is 13.5 Å². The molecule has 5 nitrogen and oxygen atoms in total. The average Bonchev–Trinajstić information content (AvgIpc) is 2.41.